The fourth-order valence-electron chi connectivity index (χ4n) is 1.50. The molecule has 0 aliphatic carbocycles. The number of imidazole rings is 1. The molecule has 0 amide bonds. The molecule has 2 rings (SSSR count). The van der Waals surface area contributed by atoms with E-state index in [1.165, 1.54) is 5.56 Å². The van der Waals surface area contributed by atoms with Crippen molar-refractivity contribution >= 4 is 5.65 Å². The minimum absolute atomic E-state index is 0.453. The van der Waals surface area contributed by atoms with E-state index in [0.29, 0.717) is 11.8 Å². The van der Waals surface area contributed by atoms with Crippen molar-refractivity contribution in [2.75, 3.05) is 0 Å². The Kier molecular flexibility index (Phi) is 2.47. The molecule has 80 valence electrons. The SMILES string of the molecule is CC(C)c1cnn2cc(C(C)C)nc2c1. The molecule has 0 fully saturated rings. The highest BCUT2D eigenvalue weighted by molar-refractivity contribution is 5.42. The predicted molar refractivity (Wildman–Crippen MR) is 61.2 cm³/mol. The van der Waals surface area contributed by atoms with Gasteiger partial charge in [-0.15, -0.1) is 0 Å². The lowest BCUT2D eigenvalue weighted by Crippen LogP contribution is -1.94. The Bertz CT molecular complexity index is 463. The summed E-state index contributed by atoms with van der Waals surface area (Å²) in [6, 6.07) is 2.11. The summed E-state index contributed by atoms with van der Waals surface area (Å²) in [6.45, 7) is 8.62. The highest BCUT2D eigenvalue weighted by Crippen LogP contribution is 2.17. The minimum Gasteiger partial charge on any atom is -0.232 e. The lowest BCUT2D eigenvalue weighted by atomic mass is 10.1. The van der Waals surface area contributed by atoms with Crippen molar-refractivity contribution in [2.45, 2.75) is 39.5 Å². The third-order valence-electron chi connectivity index (χ3n) is 2.62. The largest absolute Gasteiger partial charge is 0.232 e. The number of hydrogen-bond donors (Lipinski definition) is 0. The minimum atomic E-state index is 0.453. The van der Waals surface area contributed by atoms with Crippen LogP contribution in [0.15, 0.2) is 18.5 Å². The Labute approximate surface area is 90.1 Å². The van der Waals surface area contributed by atoms with Gasteiger partial charge in [0.2, 0.25) is 0 Å². The average molecular weight is 203 g/mol. The van der Waals surface area contributed by atoms with Gasteiger partial charge < -0.3 is 0 Å². The summed E-state index contributed by atoms with van der Waals surface area (Å²) in [4.78, 5) is 4.56. The highest BCUT2D eigenvalue weighted by atomic mass is 15.2. The molecule has 3 heteroatoms. The van der Waals surface area contributed by atoms with Gasteiger partial charge in [0.25, 0.3) is 0 Å². The van der Waals surface area contributed by atoms with Crippen LogP contribution in [0.3, 0.4) is 0 Å². The van der Waals surface area contributed by atoms with E-state index in [4.69, 9.17) is 0 Å². The molecule has 0 aliphatic heterocycles. The third-order valence-corrected chi connectivity index (χ3v) is 2.62. The molecular formula is C12H17N3. The summed E-state index contributed by atoms with van der Waals surface area (Å²) in [5.74, 6) is 0.955. The van der Waals surface area contributed by atoms with Gasteiger partial charge in [0.05, 0.1) is 18.1 Å². The van der Waals surface area contributed by atoms with Gasteiger partial charge in [-0.25, -0.2) is 9.50 Å². The van der Waals surface area contributed by atoms with Gasteiger partial charge >= 0.3 is 0 Å². The van der Waals surface area contributed by atoms with Gasteiger partial charge in [0.15, 0.2) is 5.65 Å². The number of hydrogen-bond acceptors (Lipinski definition) is 2. The first-order chi connectivity index (χ1) is 7.08. The van der Waals surface area contributed by atoms with Gasteiger partial charge in [-0.3, -0.25) is 0 Å². The van der Waals surface area contributed by atoms with E-state index in [-0.39, 0.29) is 0 Å². The van der Waals surface area contributed by atoms with Crippen molar-refractivity contribution in [1.29, 1.82) is 0 Å². The topological polar surface area (TPSA) is 30.2 Å². The number of fused-ring (bicyclic) bond motifs is 1. The van der Waals surface area contributed by atoms with Gasteiger partial charge in [-0.2, -0.15) is 5.10 Å². The lowest BCUT2D eigenvalue weighted by molar-refractivity contribution is 0.821. The van der Waals surface area contributed by atoms with Gasteiger partial charge in [0, 0.05) is 0 Å². The Morgan fingerprint density at radius 2 is 1.87 bits per heavy atom. The molecule has 2 heterocycles. The van der Waals surface area contributed by atoms with Crippen LogP contribution in [0.1, 0.15) is 50.8 Å². The first kappa shape index (κ1) is 10.1. The first-order valence-electron chi connectivity index (χ1n) is 5.43. The zero-order valence-electron chi connectivity index (χ0n) is 9.73. The number of aromatic nitrogens is 3. The lowest BCUT2D eigenvalue weighted by Gasteiger charge is -2.03. The van der Waals surface area contributed by atoms with Crippen LogP contribution in [-0.2, 0) is 0 Å². The van der Waals surface area contributed by atoms with Crippen molar-refractivity contribution in [3.05, 3.63) is 29.7 Å². The molecule has 15 heavy (non-hydrogen) atoms. The number of nitrogens with zero attached hydrogens (tertiary/aromatic N) is 3. The Morgan fingerprint density at radius 3 is 2.47 bits per heavy atom. The van der Waals surface area contributed by atoms with E-state index in [9.17, 15) is 0 Å². The van der Waals surface area contributed by atoms with E-state index >= 15 is 0 Å². The summed E-state index contributed by atoms with van der Waals surface area (Å²) in [5.41, 5.74) is 3.29. The molecule has 0 radical (unpaired) electrons. The zero-order valence-corrected chi connectivity index (χ0v) is 9.73. The maximum absolute atomic E-state index is 4.56. The van der Waals surface area contributed by atoms with Gasteiger partial charge in [0.1, 0.15) is 0 Å². The molecular weight excluding hydrogens is 186 g/mol. The van der Waals surface area contributed by atoms with E-state index in [1.807, 2.05) is 16.9 Å². The monoisotopic (exact) mass is 203 g/mol. The summed E-state index contributed by atoms with van der Waals surface area (Å²) < 4.78 is 1.85. The molecule has 0 saturated heterocycles. The third kappa shape index (κ3) is 1.87. The Morgan fingerprint density at radius 1 is 1.13 bits per heavy atom. The fraction of sp³-hybridized carbons (Fsp3) is 0.500. The first-order valence-corrected chi connectivity index (χ1v) is 5.43. The van der Waals surface area contributed by atoms with Crippen LogP contribution in [0.2, 0.25) is 0 Å². The van der Waals surface area contributed by atoms with Crippen LogP contribution in [0.25, 0.3) is 5.65 Å². The Balaban J connectivity index is 2.52. The Hall–Kier alpha value is -1.38. The van der Waals surface area contributed by atoms with Crippen LogP contribution >= 0.6 is 0 Å². The molecule has 0 aromatic carbocycles. The predicted octanol–water partition coefficient (Wildman–Crippen LogP) is 2.98. The molecule has 0 saturated carbocycles. The van der Waals surface area contributed by atoms with Crippen molar-refractivity contribution in [3.8, 4) is 0 Å². The van der Waals surface area contributed by atoms with Crippen LogP contribution < -0.4 is 0 Å². The van der Waals surface area contributed by atoms with Crippen LogP contribution in [0, 0.1) is 0 Å². The van der Waals surface area contributed by atoms with Gasteiger partial charge in [-0.05, 0) is 23.5 Å². The summed E-state index contributed by atoms with van der Waals surface area (Å²) in [5, 5.41) is 4.36. The number of rotatable bonds is 2. The quantitative estimate of drug-likeness (QED) is 0.751. The van der Waals surface area contributed by atoms with E-state index < -0.39 is 0 Å². The normalized spacial score (nSPS) is 11.9. The molecule has 0 bridgehead atoms. The zero-order chi connectivity index (χ0) is 11.0. The molecule has 0 N–H and O–H groups in total. The molecule has 0 aliphatic rings. The summed E-state index contributed by atoms with van der Waals surface area (Å²) >= 11 is 0. The second-order valence-corrected chi connectivity index (χ2v) is 4.57. The molecule has 0 spiro atoms. The molecule has 0 atom stereocenters. The summed E-state index contributed by atoms with van der Waals surface area (Å²) in [6.07, 6.45) is 3.92. The van der Waals surface area contributed by atoms with Crippen LogP contribution in [-0.4, -0.2) is 14.6 Å². The molecule has 2 aromatic rings. The van der Waals surface area contributed by atoms with Gasteiger partial charge in [-0.1, -0.05) is 27.7 Å². The van der Waals surface area contributed by atoms with Crippen LogP contribution in [0.5, 0.6) is 0 Å². The van der Waals surface area contributed by atoms with Crippen molar-refractivity contribution in [2.24, 2.45) is 0 Å². The smallest absolute Gasteiger partial charge is 0.154 e. The van der Waals surface area contributed by atoms with Crippen molar-refractivity contribution in [1.82, 2.24) is 14.6 Å². The maximum atomic E-state index is 4.56. The van der Waals surface area contributed by atoms with Crippen molar-refractivity contribution < 1.29 is 0 Å². The van der Waals surface area contributed by atoms with Crippen molar-refractivity contribution in [3.63, 3.8) is 0 Å². The maximum Gasteiger partial charge on any atom is 0.154 e. The van der Waals surface area contributed by atoms with E-state index in [2.05, 4.69) is 43.8 Å². The molecule has 0 unspecified atom stereocenters. The fourth-order valence-corrected chi connectivity index (χ4v) is 1.50. The van der Waals surface area contributed by atoms with E-state index in [1.54, 1.807) is 0 Å². The van der Waals surface area contributed by atoms with E-state index in [0.717, 1.165) is 11.3 Å². The standard InChI is InChI=1S/C12H17N3/c1-8(2)10-5-12-14-11(9(3)4)7-15(12)13-6-10/h5-9H,1-4H3. The molecule has 2 aromatic heterocycles. The second kappa shape index (κ2) is 3.65. The van der Waals surface area contributed by atoms with Crippen LogP contribution in [0.4, 0.5) is 0 Å². The second-order valence-electron chi connectivity index (χ2n) is 4.57. The average Bonchev–Trinajstić information content (AvgIpc) is 2.59. The highest BCUT2D eigenvalue weighted by Gasteiger charge is 2.07. The molecule has 3 nitrogen and oxygen atoms in total. The summed E-state index contributed by atoms with van der Waals surface area (Å²) in [7, 11) is 0.